The van der Waals surface area contributed by atoms with Crippen LogP contribution in [0.4, 0.5) is 11.6 Å². The van der Waals surface area contributed by atoms with Crippen LogP contribution in [0.15, 0.2) is 72.2 Å². The summed E-state index contributed by atoms with van der Waals surface area (Å²) in [5, 5.41) is 7.00. The second-order valence-corrected chi connectivity index (χ2v) is 13.1. The second-order valence-electron chi connectivity index (χ2n) is 12.3. The summed E-state index contributed by atoms with van der Waals surface area (Å²) in [4.78, 5) is 50.4. The third-order valence-corrected chi connectivity index (χ3v) is 9.23. The highest BCUT2D eigenvalue weighted by Gasteiger charge is 2.28. The lowest BCUT2D eigenvalue weighted by Gasteiger charge is -2.31. The average molecular weight is 736 g/mol. The molecule has 1 saturated heterocycles. The first kappa shape index (κ1) is 37.5. The number of pyridine rings is 1. The van der Waals surface area contributed by atoms with Crippen LogP contribution in [-0.4, -0.2) is 85.2 Å². The Morgan fingerprint density at radius 2 is 1.82 bits per heavy atom. The maximum Gasteiger partial charge on any atom is 0.260 e. The van der Waals surface area contributed by atoms with Gasteiger partial charge in [-0.2, -0.15) is 4.98 Å². The number of ketones is 1. The fourth-order valence-electron chi connectivity index (χ4n) is 5.80. The number of halogens is 2. The summed E-state index contributed by atoms with van der Waals surface area (Å²) in [6, 6.07) is 10.1. The molecule has 0 radical (unpaired) electrons. The van der Waals surface area contributed by atoms with Crippen LogP contribution < -0.4 is 25.7 Å². The Morgan fingerprint density at radius 3 is 2.47 bits per heavy atom. The molecule has 12 nitrogen and oxygen atoms in total. The van der Waals surface area contributed by atoms with Gasteiger partial charge >= 0.3 is 0 Å². The van der Waals surface area contributed by atoms with E-state index in [0.29, 0.717) is 49.3 Å². The van der Waals surface area contributed by atoms with Gasteiger partial charge in [-0.3, -0.25) is 19.0 Å². The quantitative estimate of drug-likeness (QED) is 0.152. The highest BCUT2D eigenvalue weighted by molar-refractivity contribution is 6.41. The lowest BCUT2D eigenvalue weighted by molar-refractivity contribution is -0.116. The molecule has 1 aliphatic heterocycles. The van der Waals surface area contributed by atoms with Gasteiger partial charge in [0.15, 0.2) is 5.78 Å². The molecule has 2 N–H and O–H groups in total. The van der Waals surface area contributed by atoms with Gasteiger partial charge < -0.3 is 29.7 Å². The van der Waals surface area contributed by atoms with E-state index in [0.717, 1.165) is 5.56 Å². The Kier molecular flexibility index (Phi) is 12.5. The summed E-state index contributed by atoms with van der Waals surface area (Å²) >= 11 is 13.6. The first-order valence-corrected chi connectivity index (χ1v) is 17.0. The molecule has 2 aromatic carbocycles. The van der Waals surface area contributed by atoms with Gasteiger partial charge in [0.2, 0.25) is 11.9 Å². The Morgan fingerprint density at radius 1 is 1.12 bits per heavy atom. The van der Waals surface area contributed by atoms with Crippen molar-refractivity contribution >= 4 is 57.6 Å². The van der Waals surface area contributed by atoms with Crippen molar-refractivity contribution in [2.75, 3.05) is 58.7 Å². The minimum Gasteiger partial charge on any atom is -0.495 e. The molecule has 0 aliphatic carbocycles. The van der Waals surface area contributed by atoms with E-state index in [9.17, 15) is 14.4 Å². The van der Waals surface area contributed by atoms with Crippen molar-refractivity contribution < 1.29 is 23.8 Å². The molecular formula is C37H40Cl2N6O6. The largest absolute Gasteiger partial charge is 0.495 e. The van der Waals surface area contributed by atoms with Crippen LogP contribution in [0.25, 0.3) is 22.2 Å². The molecule has 0 saturated carbocycles. The van der Waals surface area contributed by atoms with Gasteiger partial charge in [-0.1, -0.05) is 48.0 Å². The number of nitrogens with zero attached hydrogens (tertiary/aromatic N) is 4. The Hall–Kier alpha value is -4.75. The van der Waals surface area contributed by atoms with Gasteiger partial charge in [0.1, 0.15) is 17.1 Å². The van der Waals surface area contributed by atoms with Crippen molar-refractivity contribution in [2.45, 2.75) is 25.4 Å². The zero-order valence-corrected chi connectivity index (χ0v) is 30.4. The number of amides is 1. The molecule has 51 heavy (non-hydrogen) atoms. The van der Waals surface area contributed by atoms with Crippen LogP contribution in [0.2, 0.25) is 10.0 Å². The second kappa shape index (κ2) is 17.0. The minimum absolute atomic E-state index is 0.0112. The van der Waals surface area contributed by atoms with E-state index in [2.05, 4.69) is 22.2 Å². The number of hydrogen-bond donors (Lipinski definition) is 2. The van der Waals surface area contributed by atoms with E-state index in [1.54, 1.807) is 36.5 Å². The topological polar surface area (TPSA) is 137 Å². The fourth-order valence-corrected chi connectivity index (χ4v) is 6.50. The number of carbonyl (C=O) groups is 2. The standard InChI is InChI=1S/C37H40Cl2N6O6/c1-6-26(46)16-23-13-15-51-21-28(23)42-37-40-19-24-17-27(32-33(38)29(49-4)18-30(50-5)34(32)39)36(48)45(35(24)43-37)20-22-9-11-25(12-10-22)41-31(47)8-7-14-44(2)3/h6-12,17-19,23,28H,1,13-16,20-21H2,2-5H3,(H,41,47)(H,40,42,43)/b8-7+. The van der Waals surface area contributed by atoms with Gasteiger partial charge in [-0.05, 0) is 56.3 Å². The zero-order valence-electron chi connectivity index (χ0n) is 28.9. The third kappa shape index (κ3) is 8.95. The van der Waals surface area contributed by atoms with Gasteiger partial charge in [0.25, 0.3) is 5.56 Å². The highest BCUT2D eigenvalue weighted by Crippen LogP contribution is 2.45. The van der Waals surface area contributed by atoms with Crippen molar-refractivity contribution in [2.24, 2.45) is 5.92 Å². The smallest absolute Gasteiger partial charge is 0.260 e. The predicted molar refractivity (Wildman–Crippen MR) is 200 cm³/mol. The lowest BCUT2D eigenvalue weighted by atomic mass is 9.90. The van der Waals surface area contributed by atoms with E-state index < -0.39 is 5.56 Å². The van der Waals surface area contributed by atoms with Crippen molar-refractivity contribution in [3.8, 4) is 22.6 Å². The van der Waals surface area contributed by atoms with E-state index in [1.807, 2.05) is 31.1 Å². The number of carbonyl (C=O) groups excluding carboxylic acids is 2. The van der Waals surface area contributed by atoms with Crippen molar-refractivity contribution in [1.29, 1.82) is 0 Å². The summed E-state index contributed by atoms with van der Waals surface area (Å²) in [6.07, 6.45) is 7.21. The molecule has 0 bridgehead atoms. The average Bonchev–Trinajstić information content (AvgIpc) is 3.11. The molecular weight excluding hydrogens is 695 g/mol. The van der Waals surface area contributed by atoms with Crippen molar-refractivity contribution in [3.05, 3.63) is 93.4 Å². The summed E-state index contributed by atoms with van der Waals surface area (Å²) < 4.78 is 18.2. The molecule has 268 valence electrons. The molecule has 2 unspecified atom stereocenters. The van der Waals surface area contributed by atoms with Gasteiger partial charge in [0, 0.05) is 54.5 Å². The van der Waals surface area contributed by atoms with Crippen LogP contribution in [0.3, 0.4) is 0 Å². The van der Waals surface area contributed by atoms with Crippen molar-refractivity contribution in [3.63, 3.8) is 0 Å². The minimum atomic E-state index is -0.426. The number of likely N-dealkylation sites (N-methyl/N-ethyl adjacent to an activating group) is 1. The lowest BCUT2D eigenvalue weighted by Crippen LogP contribution is -2.40. The molecule has 2 aromatic heterocycles. The zero-order chi connectivity index (χ0) is 36.7. The van der Waals surface area contributed by atoms with Crippen LogP contribution in [-0.2, 0) is 20.9 Å². The Bertz CT molecular complexity index is 1990. The molecule has 1 amide bonds. The van der Waals surface area contributed by atoms with Gasteiger partial charge in [-0.25, -0.2) is 4.98 Å². The summed E-state index contributed by atoms with van der Waals surface area (Å²) in [6.45, 7) is 5.26. The normalized spacial score (nSPS) is 16.0. The molecule has 1 fully saturated rings. The highest BCUT2D eigenvalue weighted by atomic mass is 35.5. The number of allylic oxidation sites excluding steroid dienone is 1. The first-order valence-electron chi connectivity index (χ1n) is 16.2. The van der Waals surface area contributed by atoms with E-state index in [4.69, 9.17) is 42.4 Å². The van der Waals surface area contributed by atoms with Crippen molar-refractivity contribution in [1.82, 2.24) is 19.4 Å². The van der Waals surface area contributed by atoms with Gasteiger partial charge in [-0.15, -0.1) is 0 Å². The van der Waals surface area contributed by atoms with E-state index in [-0.39, 0.29) is 68.8 Å². The Labute approximate surface area is 306 Å². The number of rotatable bonds is 14. The SMILES string of the molecule is C=CC(=O)CC1CCOCC1Nc1ncc2cc(-c3c(Cl)c(OC)cc(OC)c3Cl)c(=O)n(Cc3ccc(NC(=O)/C=C/CN(C)C)cc3)c2n1. The van der Waals surface area contributed by atoms with Crippen LogP contribution in [0.1, 0.15) is 18.4 Å². The number of aromatic nitrogens is 3. The molecule has 4 aromatic rings. The molecule has 14 heteroatoms. The first-order chi connectivity index (χ1) is 24.5. The number of fused-ring (bicyclic) bond motifs is 1. The number of nitrogens with one attached hydrogen (secondary N) is 2. The molecule has 2 atom stereocenters. The summed E-state index contributed by atoms with van der Waals surface area (Å²) in [7, 11) is 6.75. The van der Waals surface area contributed by atoms with Crippen LogP contribution >= 0.6 is 23.2 Å². The number of methoxy groups -OCH3 is 2. The maximum atomic E-state index is 14.5. The number of hydrogen-bond acceptors (Lipinski definition) is 10. The number of anilines is 2. The van der Waals surface area contributed by atoms with E-state index >= 15 is 0 Å². The Balaban J connectivity index is 1.57. The molecule has 5 rings (SSSR count). The third-order valence-electron chi connectivity index (χ3n) is 8.48. The van der Waals surface area contributed by atoms with Crippen LogP contribution in [0, 0.1) is 5.92 Å². The summed E-state index contributed by atoms with van der Waals surface area (Å²) in [5.74, 6) is 0.522. The van der Waals surface area contributed by atoms with Gasteiger partial charge in [0.05, 0.1) is 49.0 Å². The molecule has 3 heterocycles. The number of benzene rings is 2. The van der Waals surface area contributed by atoms with E-state index in [1.165, 1.54) is 30.9 Å². The molecule has 1 aliphatic rings. The summed E-state index contributed by atoms with van der Waals surface area (Å²) in [5.41, 5.74) is 1.71. The molecule has 0 spiro atoms. The number of ether oxygens (including phenoxy) is 3. The maximum absolute atomic E-state index is 14.5. The fraction of sp³-hybridized carbons (Fsp3) is 0.324. The predicted octanol–water partition coefficient (Wildman–Crippen LogP) is 5.85. The van der Waals surface area contributed by atoms with Crippen LogP contribution in [0.5, 0.6) is 11.5 Å². The monoisotopic (exact) mass is 734 g/mol.